The number of benzene rings is 2. The van der Waals surface area contributed by atoms with Gasteiger partial charge in [-0.1, -0.05) is 36.4 Å². The summed E-state index contributed by atoms with van der Waals surface area (Å²) in [6.45, 7) is 1.54. The van der Waals surface area contributed by atoms with Crippen LogP contribution in [0.1, 0.15) is 11.1 Å². The molecule has 0 bridgehead atoms. The second kappa shape index (κ2) is 11.0. The maximum absolute atomic E-state index is 5.53. The van der Waals surface area contributed by atoms with Gasteiger partial charge in [0, 0.05) is 25.7 Å². The van der Waals surface area contributed by atoms with E-state index in [4.69, 9.17) is 14.2 Å². The second-order valence-electron chi connectivity index (χ2n) is 5.90. The normalized spacial score (nSPS) is 11.0. The van der Waals surface area contributed by atoms with Gasteiger partial charge in [-0.3, -0.25) is 4.99 Å². The third-order valence-electron chi connectivity index (χ3n) is 4.25. The van der Waals surface area contributed by atoms with Crippen molar-refractivity contribution in [1.29, 1.82) is 0 Å². The lowest BCUT2D eigenvalue weighted by molar-refractivity contribution is 0.322. The smallest absolute Gasteiger partial charge is 0.203 e. The summed E-state index contributed by atoms with van der Waals surface area (Å²) >= 11 is 0. The highest BCUT2D eigenvalue weighted by Crippen LogP contribution is 2.39. The van der Waals surface area contributed by atoms with E-state index in [1.807, 2.05) is 18.2 Å². The molecule has 0 unspecified atom stereocenters. The lowest BCUT2D eigenvalue weighted by Crippen LogP contribution is -2.39. The largest absolute Gasteiger partial charge is 0.493 e. The summed E-state index contributed by atoms with van der Waals surface area (Å²) in [5, 5.41) is 6.67. The first-order chi connectivity index (χ1) is 13.2. The number of ether oxygens (including phenoxy) is 3. The van der Waals surface area contributed by atoms with Crippen LogP contribution in [0.15, 0.2) is 47.5 Å². The zero-order chi connectivity index (χ0) is 19.5. The molecule has 0 aliphatic heterocycles. The van der Waals surface area contributed by atoms with Crippen molar-refractivity contribution < 1.29 is 14.2 Å². The molecule has 0 aromatic heterocycles. The molecule has 146 valence electrons. The zero-order valence-corrected chi connectivity index (χ0v) is 16.5. The molecular formula is C21H29N3O3. The zero-order valence-electron chi connectivity index (χ0n) is 16.5. The van der Waals surface area contributed by atoms with Gasteiger partial charge in [-0.05, 0) is 24.5 Å². The van der Waals surface area contributed by atoms with Gasteiger partial charge >= 0.3 is 0 Å². The maximum Gasteiger partial charge on any atom is 0.203 e. The predicted octanol–water partition coefficient (Wildman–Crippen LogP) is 2.66. The number of guanidine groups is 1. The van der Waals surface area contributed by atoms with Crippen LogP contribution in [-0.2, 0) is 12.8 Å². The van der Waals surface area contributed by atoms with Gasteiger partial charge in [0.15, 0.2) is 17.5 Å². The van der Waals surface area contributed by atoms with Crippen molar-refractivity contribution in [2.24, 2.45) is 4.99 Å². The first-order valence-corrected chi connectivity index (χ1v) is 8.99. The summed E-state index contributed by atoms with van der Waals surface area (Å²) < 4.78 is 16.3. The summed E-state index contributed by atoms with van der Waals surface area (Å²) in [4.78, 5) is 4.27. The first kappa shape index (κ1) is 20.4. The van der Waals surface area contributed by atoms with Crippen LogP contribution in [0, 0.1) is 0 Å². The molecule has 0 amide bonds. The van der Waals surface area contributed by atoms with Crippen molar-refractivity contribution in [2.75, 3.05) is 41.5 Å². The minimum atomic E-state index is 0.614. The molecule has 2 aromatic rings. The van der Waals surface area contributed by atoms with E-state index < -0.39 is 0 Å². The van der Waals surface area contributed by atoms with Crippen molar-refractivity contribution in [3.05, 3.63) is 53.6 Å². The highest BCUT2D eigenvalue weighted by atomic mass is 16.5. The average Bonchev–Trinajstić information content (AvgIpc) is 2.72. The van der Waals surface area contributed by atoms with E-state index in [1.165, 1.54) is 5.56 Å². The van der Waals surface area contributed by atoms with Crippen LogP contribution in [0.25, 0.3) is 0 Å². The molecule has 2 N–H and O–H groups in total. The van der Waals surface area contributed by atoms with E-state index in [2.05, 4.69) is 39.9 Å². The molecule has 2 aromatic carbocycles. The van der Waals surface area contributed by atoms with Gasteiger partial charge in [-0.25, -0.2) is 0 Å². The van der Waals surface area contributed by atoms with Crippen LogP contribution in [0.3, 0.4) is 0 Å². The fourth-order valence-corrected chi connectivity index (χ4v) is 2.87. The quantitative estimate of drug-likeness (QED) is 0.524. The Morgan fingerprint density at radius 2 is 1.48 bits per heavy atom. The molecule has 0 radical (unpaired) electrons. The minimum Gasteiger partial charge on any atom is -0.493 e. The third-order valence-corrected chi connectivity index (χ3v) is 4.25. The monoisotopic (exact) mass is 371 g/mol. The molecular weight excluding hydrogens is 342 g/mol. The van der Waals surface area contributed by atoms with Crippen molar-refractivity contribution in [3.8, 4) is 17.2 Å². The summed E-state index contributed by atoms with van der Waals surface area (Å²) in [7, 11) is 6.64. The van der Waals surface area contributed by atoms with Crippen LogP contribution < -0.4 is 24.8 Å². The molecule has 0 aliphatic carbocycles. The summed E-state index contributed by atoms with van der Waals surface area (Å²) in [6, 6.07) is 14.3. The van der Waals surface area contributed by atoms with Crippen molar-refractivity contribution in [2.45, 2.75) is 12.8 Å². The van der Waals surface area contributed by atoms with Crippen molar-refractivity contribution >= 4 is 5.96 Å². The molecule has 0 fully saturated rings. The molecule has 2 rings (SSSR count). The molecule has 0 atom stereocenters. The van der Waals surface area contributed by atoms with Crippen LogP contribution in [0.2, 0.25) is 0 Å². The Morgan fingerprint density at radius 1 is 0.815 bits per heavy atom. The fraction of sp³-hybridized carbons (Fsp3) is 0.381. The highest BCUT2D eigenvalue weighted by molar-refractivity contribution is 5.79. The van der Waals surface area contributed by atoms with Gasteiger partial charge in [0.2, 0.25) is 5.75 Å². The van der Waals surface area contributed by atoms with Crippen LogP contribution in [0.5, 0.6) is 17.2 Å². The number of hydrogen-bond acceptors (Lipinski definition) is 4. The van der Waals surface area contributed by atoms with E-state index in [1.54, 1.807) is 28.4 Å². The van der Waals surface area contributed by atoms with Gasteiger partial charge in [0.1, 0.15) is 0 Å². The average molecular weight is 371 g/mol. The van der Waals surface area contributed by atoms with Gasteiger partial charge in [-0.2, -0.15) is 0 Å². The molecule has 0 saturated heterocycles. The number of methoxy groups -OCH3 is 3. The van der Waals surface area contributed by atoms with E-state index >= 15 is 0 Å². The summed E-state index contributed by atoms with van der Waals surface area (Å²) in [6.07, 6.45) is 1.72. The topological polar surface area (TPSA) is 64.1 Å². The van der Waals surface area contributed by atoms with E-state index in [0.717, 1.165) is 37.5 Å². The summed E-state index contributed by atoms with van der Waals surface area (Å²) in [5.41, 5.74) is 2.35. The van der Waals surface area contributed by atoms with Gasteiger partial charge in [0.05, 0.1) is 21.3 Å². The highest BCUT2D eigenvalue weighted by Gasteiger charge is 2.15. The molecule has 27 heavy (non-hydrogen) atoms. The standard InChI is InChI=1S/C21H29N3O3/c1-22-21(23-14-12-16-8-6-5-7-9-16)24-15-13-17-10-11-18(25-2)20(27-4)19(17)26-3/h5-11H,12-15H2,1-4H3,(H2,22,23,24). The molecule has 0 spiro atoms. The summed E-state index contributed by atoms with van der Waals surface area (Å²) in [5.74, 6) is 2.75. The van der Waals surface area contributed by atoms with Crippen molar-refractivity contribution in [3.63, 3.8) is 0 Å². The van der Waals surface area contributed by atoms with E-state index in [-0.39, 0.29) is 0 Å². The Balaban J connectivity index is 1.87. The number of hydrogen-bond donors (Lipinski definition) is 2. The molecule has 0 heterocycles. The second-order valence-corrected chi connectivity index (χ2v) is 5.90. The molecule has 0 aliphatic rings. The Kier molecular flexibility index (Phi) is 8.29. The minimum absolute atomic E-state index is 0.614. The first-order valence-electron chi connectivity index (χ1n) is 8.99. The maximum atomic E-state index is 5.53. The lowest BCUT2D eigenvalue weighted by atomic mass is 10.1. The predicted molar refractivity (Wildman–Crippen MR) is 109 cm³/mol. The molecule has 6 heteroatoms. The molecule has 6 nitrogen and oxygen atoms in total. The third kappa shape index (κ3) is 5.81. The Morgan fingerprint density at radius 3 is 2.07 bits per heavy atom. The van der Waals surface area contributed by atoms with Crippen LogP contribution in [-0.4, -0.2) is 47.4 Å². The van der Waals surface area contributed by atoms with Gasteiger partial charge in [0.25, 0.3) is 0 Å². The number of rotatable bonds is 9. The molecule has 0 saturated carbocycles. The van der Waals surface area contributed by atoms with Gasteiger partial charge < -0.3 is 24.8 Å². The van der Waals surface area contributed by atoms with Crippen LogP contribution >= 0.6 is 0 Å². The van der Waals surface area contributed by atoms with Crippen molar-refractivity contribution in [1.82, 2.24) is 10.6 Å². The lowest BCUT2D eigenvalue weighted by Gasteiger charge is -2.16. The van der Waals surface area contributed by atoms with Crippen LogP contribution in [0.4, 0.5) is 0 Å². The number of aliphatic imine (C=N–C) groups is 1. The van der Waals surface area contributed by atoms with Gasteiger partial charge in [-0.15, -0.1) is 0 Å². The van der Waals surface area contributed by atoms with E-state index in [9.17, 15) is 0 Å². The number of nitrogens with one attached hydrogen (secondary N) is 2. The SMILES string of the molecule is CN=C(NCCc1ccccc1)NCCc1ccc(OC)c(OC)c1OC. The Hall–Kier alpha value is -2.89. The van der Waals surface area contributed by atoms with E-state index in [0.29, 0.717) is 17.2 Å². The fourth-order valence-electron chi connectivity index (χ4n) is 2.87. The Labute approximate surface area is 161 Å². The Bertz CT molecular complexity index is 733. The number of nitrogens with zero attached hydrogens (tertiary/aromatic N) is 1.